The summed E-state index contributed by atoms with van der Waals surface area (Å²) in [6.07, 6.45) is -11.8. The summed E-state index contributed by atoms with van der Waals surface area (Å²) in [6.45, 7) is 0. The van der Waals surface area contributed by atoms with Crippen molar-refractivity contribution in [2.24, 2.45) is 11.8 Å². The third kappa shape index (κ3) is 2.32. The standard InChI is InChI=1S/C10H8F8O/c11-7(12,13)4-8(14,15)19-10(18)6-2-1-5(3-6)9(10,16)17/h1-2,5-6H,3-4H2. The van der Waals surface area contributed by atoms with E-state index in [4.69, 9.17) is 0 Å². The summed E-state index contributed by atoms with van der Waals surface area (Å²) in [5.41, 5.74) is 0. The first kappa shape index (κ1) is 14.5. The van der Waals surface area contributed by atoms with Crippen LogP contribution in [-0.4, -0.2) is 24.1 Å². The van der Waals surface area contributed by atoms with E-state index in [-0.39, 0.29) is 0 Å². The zero-order valence-electron chi connectivity index (χ0n) is 9.16. The van der Waals surface area contributed by atoms with E-state index < -0.39 is 48.7 Å². The number of alkyl halides is 8. The monoisotopic (exact) mass is 296 g/mol. The van der Waals surface area contributed by atoms with Gasteiger partial charge in [0.1, 0.15) is 6.42 Å². The number of rotatable bonds is 3. The van der Waals surface area contributed by atoms with Crippen LogP contribution in [0.4, 0.5) is 35.1 Å². The van der Waals surface area contributed by atoms with Gasteiger partial charge in [0.05, 0.1) is 0 Å². The number of hydrogen-bond donors (Lipinski definition) is 0. The fourth-order valence-corrected chi connectivity index (χ4v) is 2.37. The molecule has 0 aliphatic heterocycles. The van der Waals surface area contributed by atoms with E-state index in [1.165, 1.54) is 0 Å². The second-order valence-electron chi connectivity index (χ2n) is 4.63. The van der Waals surface area contributed by atoms with Crippen LogP contribution < -0.4 is 0 Å². The molecule has 0 aromatic rings. The van der Waals surface area contributed by atoms with Gasteiger partial charge in [0.25, 0.3) is 5.85 Å². The molecule has 2 rings (SSSR count). The van der Waals surface area contributed by atoms with Crippen molar-refractivity contribution in [1.82, 2.24) is 0 Å². The van der Waals surface area contributed by atoms with Crippen molar-refractivity contribution < 1.29 is 39.9 Å². The van der Waals surface area contributed by atoms with E-state index >= 15 is 0 Å². The lowest BCUT2D eigenvalue weighted by Crippen LogP contribution is -2.53. The van der Waals surface area contributed by atoms with Gasteiger partial charge in [-0.2, -0.15) is 30.7 Å². The van der Waals surface area contributed by atoms with Crippen molar-refractivity contribution in [1.29, 1.82) is 0 Å². The highest BCUT2D eigenvalue weighted by atomic mass is 19.4. The molecule has 0 spiro atoms. The Labute approximate surface area is 102 Å². The maximum atomic E-state index is 14.0. The van der Waals surface area contributed by atoms with Crippen LogP contribution in [-0.2, 0) is 4.74 Å². The number of hydrogen-bond acceptors (Lipinski definition) is 1. The summed E-state index contributed by atoms with van der Waals surface area (Å²) in [5, 5.41) is 0. The van der Waals surface area contributed by atoms with E-state index in [0.717, 1.165) is 12.2 Å². The molecule has 1 fully saturated rings. The van der Waals surface area contributed by atoms with E-state index in [9.17, 15) is 35.1 Å². The van der Waals surface area contributed by atoms with Gasteiger partial charge in [0.15, 0.2) is 0 Å². The van der Waals surface area contributed by atoms with Crippen molar-refractivity contribution in [3.63, 3.8) is 0 Å². The van der Waals surface area contributed by atoms with Crippen LogP contribution in [0, 0.1) is 11.8 Å². The topological polar surface area (TPSA) is 9.23 Å². The Hall–Kier alpha value is -0.860. The Morgan fingerprint density at radius 2 is 1.53 bits per heavy atom. The van der Waals surface area contributed by atoms with Gasteiger partial charge in [-0.05, 0) is 6.42 Å². The molecule has 0 aromatic heterocycles. The minimum atomic E-state index is -5.36. The Morgan fingerprint density at radius 3 is 1.95 bits per heavy atom. The zero-order valence-corrected chi connectivity index (χ0v) is 9.16. The number of allylic oxidation sites excluding steroid dienone is 1. The molecule has 0 amide bonds. The second-order valence-corrected chi connectivity index (χ2v) is 4.63. The minimum Gasteiger partial charge on any atom is -0.276 e. The minimum absolute atomic E-state index is 0.467. The lowest BCUT2D eigenvalue weighted by atomic mass is 9.97. The van der Waals surface area contributed by atoms with Gasteiger partial charge in [-0.25, -0.2) is 4.39 Å². The van der Waals surface area contributed by atoms with E-state index in [0.29, 0.717) is 0 Å². The van der Waals surface area contributed by atoms with Crippen LogP contribution in [0.1, 0.15) is 12.8 Å². The highest BCUT2D eigenvalue weighted by Gasteiger charge is 2.73. The third-order valence-electron chi connectivity index (χ3n) is 3.18. The number of ether oxygens (including phenoxy) is 1. The molecule has 0 N–H and O–H groups in total. The molecule has 0 radical (unpaired) electrons. The molecule has 2 bridgehead atoms. The Kier molecular flexibility index (Phi) is 2.93. The van der Waals surface area contributed by atoms with Crippen LogP contribution in [0.2, 0.25) is 0 Å². The Balaban J connectivity index is 2.20. The summed E-state index contributed by atoms with van der Waals surface area (Å²) in [5.74, 6) is -11.7. The first-order valence-corrected chi connectivity index (χ1v) is 5.27. The summed E-state index contributed by atoms with van der Waals surface area (Å²) in [4.78, 5) is 0. The smallest absolute Gasteiger partial charge is 0.276 e. The van der Waals surface area contributed by atoms with Crippen LogP contribution in [0.5, 0.6) is 0 Å². The van der Waals surface area contributed by atoms with Gasteiger partial charge in [-0.1, -0.05) is 12.2 Å². The molecule has 0 saturated heterocycles. The lowest BCUT2D eigenvalue weighted by Gasteiger charge is -2.36. The van der Waals surface area contributed by atoms with Gasteiger partial charge in [0, 0.05) is 11.8 Å². The largest absolute Gasteiger partial charge is 0.397 e. The first-order chi connectivity index (χ1) is 8.37. The molecular formula is C10H8F8O. The Morgan fingerprint density at radius 1 is 1.00 bits per heavy atom. The van der Waals surface area contributed by atoms with Gasteiger partial charge in [-0.15, -0.1) is 0 Å². The van der Waals surface area contributed by atoms with Gasteiger partial charge < -0.3 is 0 Å². The molecular weight excluding hydrogens is 288 g/mol. The van der Waals surface area contributed by atoms with Crippen molar-refractivity contribution in [3.05, 3.63) is 12.2 Å². The summed E-state index contributed by atoms with van der Waals surface area (Å²) in [6, 6.07) is 0. The number of halogens is 8. The predicted octanol–water partition coefficient (Wildman–Crippen LogP) is 4.06. The normalized spacial score (nSPS) is 37.1. The molecule has 110 valence electrons. The van der Waals surface area contributed by atoms with Crippen LogP contribution >= 0.6 is 0 Å². The Bertz CT molecular complexity index is 401. The molecule has 1 saturated carbocycles. The highest BCUT2D eigenvalue weighted by molar-refractivity contribution is 5.22. The molecule has 0 aromatic carbocycles. The molecule has 3 atom stereocenters. The maximum Gasteiger partial charge on any atom is 0.397 e. The van der Waals surface area contributed by atoms with Crippen molar-refractivity contribution in [2.45, 2.75) is 36.9 Å². The lowest BCUT2D eigenvalue weighted by molar-refractivity contribution is -0.402. The molecule has 2 aliphatic carbocycles. The van der Waals surface area contributed by atoms with Crippen LogP contribution in [0.25, 0.3) is 0 Å². The van der Waals surface area contributed by atoms with Crippen molar-refractivity contribution in [2.75, 3.05) is 0 Å². The van der Waals surface area contributed by atoms with Crippen molar-refractivity contribution in [3.8, 4) is 0 Å². The molecule has 19 heavy (non-hydrogen) atoms. The summed E-state index contributed by atoms with van der Waals surface area (Å²) >= 11 is 0. The summed E-state index contributed by atoms with van der Waals surface area (Å²) < 4.78 is 106. The highest BCUT2D eigenvalue weighted by Crippen LogP contribution is 2.60. The zero-order chi connectivity index (χ0) is 14.7. The second kappa shape index (κ2) is 3.83. The SMILES string of the molecule is FC(F)(F)CC(F)(F)OC1(F)C2C=CC(C2)C1(F)F. The van der Waals surface area contributed by atoms with Gasteiger partial charge in [0.2, 0.25) is 0 Å². The predicted molar refractivity (Wildman–Crippen MR) is 46.2 cm³/mol. The first-order valence-electron chi connectivity index (χ1n) is 5.27. The maximum absolute atomic E-state index is 14.0. The molecule has 1 nitrogen and oxygen atoms in total. The van der Waals surface area contributed by atoms with E-state index in [2.05, 4.69) is 4.74 Å². The fraction of sp³-hybridized carbons (Fsp3) is 0.800. The van der Waals surface area contributed by atoms with E-state index in [1.54, 1.807) is 0 Å². The fourth-order valence-electron chi connectivity index (χ4n) is 2.37. The average Bonchev–Trinajstić information content (AvgIpc) is 2.64. The van der Waals surface area contributed by atoms with Crippen LogP contribution in [0.15, 0.2) is 12.2 Å². The molecule has 0 heterocycles. The molecule has 2 aliphatic rings. The molecule has 3 unspecified atom stereocenters. The number of fused-ring (bicyclic) bond motifs is 2. The third-order valence-corrected chi connectivity index (χ3v) is 3.18. The average molecular weight is 296 g/mol. The van der Waals surface area contributed by atoms with Crippen LogP contribution in [0.3, 0.4) is 0 Å². The quantitative estimate of drug-likeness (QED) is 0.564. The summed E-state index contributed by atoms with van der Waals surface area (Å²) in [7, 11) is 0. The molecule has 9 heteroatoms. The van der Waals surface area contributed by atoms with E-state index in [1.807, 2.05) is 0 Å². The van der Waals surface area contributed by atoms with Gasteiger partial charge in [-0.3, -0.25) is 4.74 Å². The van der Waals surface area contributed by atoms with Crippen molar-refractivity contribution >= 4 is 0 Å². The van der Waals surface area contributed by atoms with Gasteiger partial charge >= 0.3 is 18.2 Å².